The molecule has 0 aromatic heterocycles. The highest BCUT2D eigenvalue weighted by molar-refractivity contribution is 4.74. The van der Waals surface area contributed by atoms with E-state index in [0.29, 0.717) is 6.10 Å². The van der Waals surface area contributed by atoms with Gasteiger partial charge in [-0.05, 0) is 45.4 Å². The highest BCUT2D eigenvalue weighted by Crippen LogP contribution is 2.14. The normalized spacial score (nSPS) is 29.4. The van der Waals surface area contributed by atoms with Gasteiger partial charge in [0.25, 0.3) is 0 Å². The van der Waals surface area contributed by atoms with Gasteiger partial charge in [-0.2, -0.15) is 0 Å². The van der Waals surface area contributed by atoms with E-state index in [9.17, 15) is 0 Å². The summed E-state index contributed by atoms with van der Waals surface area (Å²) in [7, 11) is 2.21. The standard InChI is InChI=1S/C12H25N3O/c1-15-5-2-11(3-6-15)8-14-10-12-9-13-4-7-16-12/h11-14H,2-10H2,1H3. The molecule has 0 spiro atoms. The molecule has 2 fully saturated rings. The molecule has 0 amide bonds. The third-order valence-corrected chi connectivity index (χ3v) is 3.65. The lowest BCUT2D eigenvalue weighted by Gasteiger charge is -2.30. The maximum absolute atomic E-state index is 5.65. The minimum atomic E-state index is 0.375. The second kappa shape index (κ2) is 6.55. The summed E-state index contributed by atoms with van der Waals surface area (Å²) in [5.74, 6) is 0.868. The molecule has 16 heavy (non-hydrogen) atoms. The Labute approximate surface area is 98.7 Å². The molecule has 4 nitrogen and oxygen atoms in total. The first-order valence-electron chi connectivity index (χ1n) is 6.56. The van der Waals surface area contributed by atoms with E-state index in [4.69, 9.17) is 4.74 Å². The molecule has 1 unspecified atom stereocenters. The SMILES string of the molecule is CN1CCC(CNCC2CNCCO2)CC1. The molecule has 0 radical (unpaired) electrons. The van der Waals surface area contributed by atoms with Crippen molar-refractivity contribution in [3.63, 3.8) is 0 Å². The van der Waals surface area contributed by atoms with Crippen molar-refractivity contribution in [2.45, 2.75) is 18.9 Å². The molecule has 1 atom stereocenters. The Kier molecular flexibility index (Phi) is 5.03. The van der Waals surface area contributed by atoms with Crippen LogP contribution in [-0.2, 0) is 4.74 Å². The van der Waals surface area contributed by atoms with Crippen LogP contribution in [0, 0.1) is 5.92 Å². The zero-order valence-corrected chi connectivity index (χ0v) is 10.4. The Morgan fingerprint density at radius 2 is 2.12 bits per heavy atom. The van der Waals surface area contributed by atoms with Gasteiger partial charge in [0, 0.05) is 19.6 Å². The molecule has 0 aromatic rings. The minimum Gasteiger partial charge on any atom is -0.374 e. The lowest BCUT2D eigenvalue weighted by molar-refractivity contribution is 0.0283. The number of rotatable bonds is 4. The summed E-state index contributed by atoms with van der Waals surface area (Å²) >= 11 is 0. The summed E-state index contributed by atoms with van der Waals surface area (Å²) < 4.78 is 5.65. The number of nitrogens with one attached hydrogen (secondary N) is 2. The van der Waals surface area contributed by atoms with Crippen molar-refractivity contribution in [3.8, 4) is 0 Å². The quantitative estimate of drug-likeness (QED) is 0.703. The van der Waals surface area contributed by atoms with Crippen molar-refractivity contribution < 1.29 is 4.74 Å². The summed E-state index contributed by atoms with van der Waals surface area (Å²) in [6, 6.07) is 0. The Morgan fingerprint density at radius 3 is 2.81 bits per heavy atom. The smallest absolute Gasteiger partial charge is 0.0824 e. The van der Waals surface area contributed by atoms with E-state index in [0.717, 1.165) is 38.7 Å². The first kappa shape index (κ1) is 12.3. The number of ether oxygens (including phenoxy) is 1. The highest BCUT2D eigenvalue weighted by Gasteiger charge is 2.17. The van der Waals surface area contributed by atoms with Crippen LogP contribution in [-0.4, -0.2) is 63.9 Å². The number of piperidine rings is 1. The van der Waals surface area contributed by atoms with Crippen molar-refractivity contribution in [3.05, 3.63) is 0 Å². The van der Waals surface area contributed by atoms with Gasteiger partial charge >= 0.3 is 0 Å². The van der Waals surface area contributed by atoms with Gasteiger partial charge in [-0.3, -0.25) is 0 Å². The van der Waals surface area contributed by atoms with Gasteiger partial charge in [-0.25, -0.2) is 0 Å². The summed E-state index contributed by atoms with van der Waals surface area (Å²) in [5, 5.41) is 6.91. The highest BCUT2D eigenvalue weighted by atomic mass is 16.5. The molecule has 2 aliphatic rings. The Hall–Kier alpha value is -0.160. The second-order valence-electron chi connectivity index (χ2n) is 5.10. The summed E-state index contributed by atoms with van der Waals surface area (Å²) in [5.41, 5.74) is 0. The van der Waals surface area contributed by atoms with Crippen LogP contribution in [0.3, 0.4) is 0 Å². The molecular weight excluding hydrogens is 202 g/mol. The molecule has 0 bridgehead atoms. The topological polar surface area (TPSA) is 36.5 Å². The fourth-order valence-corrected chi connectivity index (χ4v) is 2.47. The monoisotopic (exact) mass is 227 g/mol. The molecule has 0 saturated carbocycles. The number of morpholine rings is 1. The average Bonchev–Trinajstić information content (AvgIpc) is 2.33. The Morgan fingerprint density at radius 1 is 1.31 bits per heavy atom. The van der Waals surface area contributed by atoms with Crippen LogP contribution in [0.25, 0.3) is 0 Å². The number of nitrogens with zero attached hydrogens (tertiary/aromatic N) is 1. The number of likely N-dealkylation sites (tertiary alicyclic amines) is 1. The molecule has 2 rings (SSSR count). The van der Waals surface area contributed by atoms with Crippen LogP contribution in [0.1, 0.15) is 12.8 Å². The molecule has 0 aromatic carbocycles. The van der Waals surface area contributed by atoms with Crippen molar-refractivity contribution in [2.24, 2.45) is 5.92 Å². The zero-order valence-electron chi connectivity index (χ0n) is 10.4. The van der Waals surface area contributed by atoms with E-state index < -0.39 is 0 Å². The van der Waals surface area contributed by atoms with Gasteiger partial charge in [0.05, 0.1) is 12.7 Å². The van der Waals surface area contributed by atoms with Gasteiger partial charge in [0.2, 0.25) is 0 Å². The van der Waals surface area contributed by atoms with Gasteiger partial charge in [-0.1, -0.05) is 0 Å². The largest absolute Gasteiger partial charge is 0.374 e. The van der Waals surface area contributed by atoms with Crippen molar-refractivity contribution in [2.75, 3.05) is 52.9 Å². The average molecular weight is 227 g/mol. The lowest BCUT2D eigenvalue weighted by Crippen LogP contribution is -2.45. The molecule has 2 N–H and O–H groups in total. The molecule has 0 aliphatic carbocycles. The fourth-order valence-electron chi connectivity index (χ4n) is 2.47. The third-order valence-electron chi connectivity index (χ3n) is 3.65. The molecule has 2 heterocycles. The fraction of sp³-hybridized carbons (Fsp3) is 1.00. The molecule has 94 valence electrons. The van der Waals surface area contributed by atoms with E-state index in [2.05, 4.69) is 22.6 Å². The molecule has 2 saturated heterocycles. The van der Waals surface area contributed by atoms with Gasteiger partial charge in [0.1, 0.15) is 0 Å². The predicted octanol–water partition coefficient (Wildman–Crippen LogP) is -0.0938. The van der Waals surface area contributed by atoms with Gasteiger partial charge in [-0.15, -0.1) is 0 Å². The van der Waals surface area contributed by atoms with Crippen molar-refractivity contribution in [1.29, 1.82) is 0 Å². The number of hydrogen-bond acceptors (Lipinski definition) is 4. The summed E-state index contributed by atoms with van der Waals surface area (Å²) in [6.45, 7) is 7.54. The van der Waals surface area contributed by atoms with E-state index in [1.807, 2.05) is 0 Å². The van der Waals surface area contributed by atoms with Crippen LogP contribution in [0.2, 0.25) is 0 Å². The van der Waals surface area contributed by atoms with Gasteiger partial charge < -0.3 is 20.3 Å². The first-order valence-corrected chi connectivity index (χ1v) is 6.56. The summed E-state index contributed by atoms with van der Waals surface area (Å²) in [4.78, 5) is 2.42. The van der Waals surface area contributed by atoms with E-state index in [-0.39, 0.29) is 0 Å². The number of hydrogen-bond donors (Lipinski definition) is 2. The first-order chi connectivity index (χ1) is 7.84. The Bertz CT molecular complexity index is 187. The predicted molar refractivity (Wildman–Crippen MR) is 65.7 cm³/mol. The second-order valence-corrected chi connectivity index (χ2v) is 5.10. The van der Waals surface area contributed by atoms with Crippen molar-refractivity contribution >= 4 is 0 Å². The lowest BCUT2D eigenvalue weighted by atomic mass is 9.97. The van der Waals surface area contributed by atoms with E-state index in [1.165, 1.54) is 25.9 Å². The third kappa shape index (κ3) is 4.01. The molecular formula is C12H25N3O. The van der Waals surface area contributed by atoms with Crippen molar-refractivity contribution in [1.82, 2.24) is 15.5 Å². The van der Waals surface area contributed by atoms with Crippen LogP contribution in [0.4, 0.5) is 0 Å². The minimum absolute atomic E-state index is 0.375. The van der Waals surface area contributed by atoms with E-state index in [1.54, 1.807) is 0 Å². The maximum Gasteiger partial charge on any atom is 0.0824 e. The Balaban J connectivity index is 1.53. The van der Waals surface area contributed by atoms with Crippen LogP contribution < -0.4 is 10.6 Å². The molecule has 2 aliphatic heterocycles. The van der Waals surface area contributed by atoms with Crippen LogP contribution in [0.5, 0.6) is 0 Å². The van der Waals surface area contributed by atoms with Gasteiger partial charge in [0.15, 0.2) is 0 Å². The van der Waals surface area contributed by atoms with Crippen LogP contribution in [0.15, 0.2) is 0 Å². The summed E-state index contributed by atoms with van der Waals surface area (Å²) in [6.07, 6.45) is 3.06. The molecule has 4 heteroatoms. The zero-order chi connectivity index (χ0) is 11.2. The maximum atomic E-state index is 5.65. The van der Waals surface area contributed by atoms with Crippen LogP contribution >= 0.6 is 0 Å². The van der Waals surface area contributed by atoms with E-state index >= 15 is 0 Å².